The predicted octanol–water partition coefficient (Wildman–Crippen LogP) is 9.15. The smallest absolute Gasteiger partial charge is 0.231 e. The Balaban J connectivity index is 1.45. The van der Waals surface area contributed by atoms with Crippen LogP contribution in [-0.2, 0) is 9.47 Å². The lowest BCUT2D eigenvalue weighted by Gasteiger charge is -2.35. The summed E-state index contributed by atoms with van der Waals surface area (Å²) in [6.07, 6.45) is 3.08. The van der Waals surface area contributed by atoms with Gasteiger partial charge in [0, 0.05) is 16.8 Å². The Labute approximate surface area is 311 Å². The molecule has 264 valence electrons. The Hall–Kier alpha value is -4.36. The quantitative estimate of drug-likeness (QED) is 0.157. The summed E-state index contributed by atoms with van der Waals surface area (Å²) in [5.74, 6) is 3.24. The van der Waals surface area contributed by atoms with Gasteiger partial charge in [-0.3, -0.25) is 0 Å². The summed E-state index contributed by atoms with van der Waals surface area (Å²) in [6.45, 7) is 18.1. The van der Waals surface area contributed by atoms with E-state index in [1.807, 2.05) is 0 Å². The van der Waals surface area contributed by atoms with Crippen LogP contribution in [0.4, 0.5) is 0 Å². The highest BCUT2D eigenvalue weighted by Gasteiger charge is 2.42. The van der Waals surface area contributed by atoms with Gasteiger partial charge < -0.3 is 18.9 Å². The van der Waals surface area contributed by atoms with Crippen LogP contribution >= 0.6 is 15.8 Å². The van der Waals surface area contributed by atoms with Gasteiger partial charge in [0.25, 0.3) is 0 Å². The molecule has 0 bridgehead atoms. The van der Waals surface area contributed by atoms with Crippen LogP contribution in [0.25, 0.3) is 5.57 Å². The average Bonchev–Trinajstić information content (AvgIpc) is 3.74. The van der Waals surface area contributed by atoms with Gasteiger partial charge in [-0.25, -0.2) is 0 Å². The van der Waals surface area contributed by atoms with Crippen molar-refractivity contribution in [1.82, 2.24) is 0 Å². The van der Waals surface area contributed by atoms with E-state index in [4.69, 9.17) is 18.9 Å². The van der Waals surface area contributed by atoms with Crippen molar-refractivity contribution in [1.29, 1.82) is 0 Å². The third-order valence-electron chi connectivity index (χ3n) is 9.98. The molecule has 8 rings (SSSR count). The first kappa shape index (κ1) is 34.7. The molecule has 1 saturated heterocycles. The summed E-state index contributed by atoms with van der Waals surface area (Å²) in [5.41, 5.74) is 12.5. The van der Waals surface area contributed by atoms with E-state index in [0.29, 0.717) is 0 Å². The second-order valence-electron chi connectivity index (χ2n) is 14.8. The first-order chi connectivity index (χ1) is 25.0. The summed E-state index contributed by atoms with van der Waals surface area (Å²) in [5, 5.41) is 6.62. The number of ether oxygens (including phenoxy) is 4. The molecule has 5 aromatic rings. The summed E-state index contributed by atoms with van der Waals surface area (Å²) >= 11 is 0. The number of benzene rings is 5. The maximum atomic E-state index is 6.56. The number of aryl methyl sites for hydroxylation is 8. The number of hydrogen-bond donors (Lipinski definition) is 0. The molecule has 52 heavy (non-hydrogen) atoms. The molecule has 1 fully saturated rings. The molecule has 4 nitrogen and oxygen atoms in total. The number of allylic oxidation sites excluding steroid dienone is 2. The topological polar surface area (TPSA) is 36.9 Å². The molecule has 0 radical (unpaired) electrons. The SMILES string of the molecule is Cc1cc(C)cc(P(c2cc(C)cc(C)c2)c2ccc3c(c2C2=C4OCOC4=CC[C@H]2P(c2cc(C)cc(C)c2)c2cc(C)cc(C)c2)OCO3)c1. The fraction of sp³-hybridized carbons (Fsp3) is 0.261. The van der Waals surface area contributed by atoms with E-state index >= 15 is 0 Å². The minimum atomic E-state index is -1.03. The monoisotopic (exact) mass is 724 g/mol. The second-order valence-corrected chi connectivity index (χ2v) is 19.3. The highest BCUT2D eigenvalue weighted by molar-refractivity contribution is 7.80. The van der Waals surface area contributed by atoms with E-state index in [1.54, 1.807) is 0 Å². The third kappa shape index (κ3) is 6.57. The number of fused-ring (bicyclic) bond motifs is 2. The lowest BCUT2D eigenvalue weighted by Crippen LogP contribution is -2.30. The number of hydrogen-bond acceptors (Lipinski definition) is 4. The van der Waals surface area contributed by atoms with Crippen molar-refractivity contribution in [3.05, 3.63) is 153 Å². The van der Waals surface area contributed by atoms with E-state index in [1.165, 1.54) is 71.0 Å². The third-order valence-corrected chi connectivity index (χ3v) is 15.1. The average molecular weight is 725 g/mol. The minimum absolute atomic E-state index is 0.0858. The number of rotatable bonds is 7. The van der Waals surface area contributed by atoms with Crippen LogP contribution in [0.15, 0.2) is 103 Å². The van der Waals surface area contributed by atoms with Crippen LogP contribution in [0, 0.1) is 55.4 Å². The lowest BCUT2D eigenvalue weighted by molar-refractivity contribution is 0.0981. The predicted molar refractivity (Wildman–Crippen MR) is 219 cm³/mol. The molecular weight excluding hydrogens is 678 g/mol. The van der Waals surface area contributed by atoms with Crippen molar-refractivity contribution >= 4 is 47.9 Å². The maximum absolute atomic E-state index is 6.56. The molecule has 1 aliphatic carbocycles. The van der Waals surface area contributed by atoms with E-state index in [-0.39, 0.29) is 19.2 Å². The zero-order chi connectivity index (χ0) is 36.3. The summed E-state index contributed by atoms with van der Waals surface area (Å²) in [6, 6.07) is 32.6. The summed E-state index contributed by atoms with van der Waals surface area (Å²) in [7, 11) is -1.94. The molecule has 0 aromatic heterocycles. The summed E-state index contributed by atoms with van der Waals surface area (Å²) in [4.78, 5) is 0. The lowest BCUT2D eigenvalue weighted by atomic mass is 9.93. The van der Waals surface area contributed by atoms with Crippen molar-refractivity contribution < 1.29 is 18.9 Å². The zero-order valence-electron chi connectivity index (χ0n) is 31.4. The van der Waals surface area contributed by atoms with Gasteiger partial charge in [0.05, 0.1) is 0 Å². The van der Waals surface area contributed by atoms with Crippen molar-refractivity contribution in [3.63, 3.8) is 0 Å². The van der Waals surface area contributed by atoms with Crippen LogP contribution in [0.3, 0.4) is 0 Å². The van der Waals surface area contributed by atoms with Crippen molar-refractivity contribution in [3.8, 4) is 11.5 Å². The minimum Gasteiger partial charge on any atom is -0.454 e. The molecule has 0 unspecified atom stereocenters. The fourth-order valence-corrected chi connectivity index (χ4v) is 14.4. The molecule has 1 atom stereocenters. The molecule has 5 aromatic carbocycles. The van der Waals surface area contributed by atoms with Gasteiger partial charge >= 0.3 is 0 Å². The van der Waals surface area contributed by atoms with Gasteiger partial charge in [-0.1, -0.05) is 117 Å². The van der Waals surface area contributed by atoms with E-state index in [9.17, 15) is 0 Å². The Morgan fingerprint density at radius 1 is 0.500 bits per heavy atom. The van der Waals surface area contributed by atoms with E-state index < -0.39 is 15.8 Å². The summed E-state index contributed by atoms with van der Waals surface area (Å²) < 4.78 is 25.5. The Morgan fingerprint density at radius 2 is 0.962 bits per heavy atom. The van der Waals surface area contributed by atoms with E-state index in [2.05, 4.69) is 146 Å². The van der Waals surface area contributed by atoms with Crippen LogP contribution in [0.5, 0.6) is 11.5 Å². The molecule has 3 aliphatic rings. The zero-order valence-corrected chi connectivity index (χ0v) is 33.2. The normalized spacial score (nSPS) is 16.3. The van der Waals surface area contributed by atoms with Crippen LogP contribution in [-0.4, -0.2) is 19.2 Å². The standard InChI is InChI=1S/C46H46O4P2/c1-27-13-28(2)18-35(17-27)51(36-19-29(3)14-30(4)20-36)41-11-9-39-45(49-25-47-39)43(41)44-42(12-10-40-46(44)50-26-48-40)52(37-21-31(5)15-32(6)22-37)38-23-33(7)16-34(8)24-38/h9-11,13-24,42H,12,25-26H2,1-8H3/t42-/m1/s1. The largest absolute Gasteiger partial charge is 0.454 e. The molecule has 2 aliphatic heterocycles. The van der Waals surface area contributed by atoms with Gasteiger partial charge in [-0.2, -0.15) is 0 Å². The molecule has 2 heterocycles. The molecule has 0 N–H and O–H groups in total. The second kappa shape index (κ2) is 13.9. The van der Waals surface area contributed by atoms with Crippen molar-refractivity contribution in [2.75, 3.05) is 13.6 Å². The van der Waals surface area contributed by atoms with Gasteiger partial charge in [0.15, 0.2) is 23.0 Å². The van der Waals surface area contributed by atoms with Crippen LogP contribution in [0.2, 0.25) is 0 Å². The van der Waals surface area contributed by atoms with Crippen molar-refractivity contribution in [2.24, 2.45) is 0 Å². The van der Waals surface area contributed by atoms with Gasteiger partial charge in [0.2, 0.25) is 13.6 Å². The van der Waals surface area contributed by atoms with Gasteiger partial charge in [0.1, 0.15) is 0 Å². The molecule has 0 saturated carbocycles. The van der Waals surface area contributed by atoms with Crippen molar-refractivity contribution in [2.45, 2.75) is 67.5 Å². The molecule has 6 heteroatoms. The Kier molecular flexibility index (Phi) is 9.27. The highest BCUT2D eigenvalue weighted by atomic mass is 31.1. The Bertz CT molecular complexity index is 2120. The first-order valence-electron chi connectivity index (χ1n) is 18.1. The highest BCUT2D eigenvalue weighted by Crippen LogP contribution is 2.56. The Morgan fingerprint density at radius 3 is 1.46 bits per heavy atom. The van der Waals surface area contributed by atoms with Crippen LogP contribution < -0.4 is 36.0 Å². The molecule has 0 spiro atoms. The first-order valence-corrected chi connectivity index (χ1v) is 20.8. The van der Waals surface area contributed by atoms with Gasteiger partial charge in [-0.05, 0) is 122 Å². The molecular formula is C46H46O4P2. The molecule has 0 amide bonds. The van der Waals surface area contributed by atoms with Crippen LogP contribution in [0.1, 0.15) is 56.5 Å². The maximum Gasteiger partial charge on any atom is 0.231 e. The van der Waals surface area contributed by atoms with E-state index in [0.717, 1.165) is 40.6 Å². The fourth-order valence-electron chi connectivity index (χ4n) is 8.34. The van der Waals surface area contributed by atoms with Gasteiger partial charge in [-0.15, -0.1) is 0 Å².